The molecule has 26 heavy (non-hydrogen) atoms. The first-order valence-corrected chi connectivity index (χ1v) is 9.10. The highest BCUT2D eigenvalue weighted by molar-refractivity contribution is 6.08. The number of hydrazine groups is 1. The molecule has 2 aliphatic rings. The van der Waals surface area contributed by atoms with Crippen molar-refractivity contribution in [2.24, 2.45) is 0 Å². The van der Waals surface area contributed by atoms with Crippen LogP contribution in [0.25, 0.3) is 0 Å². The number of benzene rings is 1. The van der Waals surface area contributed by atoms with Crippen molar-refractivity contribution in [3.05, 3.63) is 29.8 Å². The summed E-state index contributed by atoms with van der Waals surface area (Å²) in [6, 6.07) is 6.93. The molecule has 1 aromatic carbocycles. The molecule has 4 amide bonds. The van der Waals surface area contributed by atoms with Gasteiger partial charge in [-0.2, -0.15) is 5.01 Å². The number of rotatable bonds is 5. The molecule has 7 heteroatoms. The van der Waals surface area contributed by atoms with Crippen LogP contribution in [0.1, 0.15) is 57.4 Å². The maximum Gasteiger partial charge on any atom is 0.344 e. The molecule has 0 radical (unpaired) electrons. The molecule has 0 aromatic heterocycles. The molecule has 1 heterocycles. The van der Waals surface area contributed by atoms with Crippen LogP contribution in [-0.4, -0.2) is 35.0 Å². The van der Waals surface area contributed by atoms with Gasteiger partial charge in [0.25, 0.3) is 11.8 Å². The van der Waals surface area contributed by atoms with E-state index in [4.69, 9.17) is 4.74 Å². The van der Waals surface area contributed by atoms with Crippen LogP contribution < -0.4 is 15.5 Å². The summed E-state index contributed by atoms with van der Waals surface area (Å²) in [5, 5.41) is 3.54. The maximum absolute atomic E-state index is 12.6. The summed E-state index contributed by atoms with van der Waals surface area (Å²) in [7, 11) is 0. The molecule has 1 aromatic rings. The molecule has 1 saturated heterocycles. The number of nitrogens with one attached hydrogen (secondary N) is 2. The fraction of sp³-hybridized carbons (Fsp3) is 0.526. The zero-order valence-corrected chi connectivity index (χ0v) is 15.2. The van der Waals surface area contributed by atoms with Gasteiger partial charge in [0, 0.05) is 0 Å². The number of carbonyl (C=O) groups excluding carboxylic acids is 3. The third-order valence-corrected chi connectivity index (χ3v) is 5.00. The Kier molecular flexibility index (Phi) is 5.15. The van der Waals surface area contributed by atoms with Crippen LogP contribution in [-0.2, 0) is 9.59 Å². The van der Waals surface area contributed by atoms with Crippen molar-refractivity contribution >= 4 is 17.8 Å². The van der Waals surface area contributed by atoms with Gasteiger partial charge in [-0.05, 0) is 36.5 Å². The summed E-state index contributed by atoms with van der Waals surface area (Å²) in [4.78, 5) is 36.9. The van der Waals surface area contributed by atoms with E-state index in [1.54, 1.807) is 6.07 Å². The van der Waals surface area contributed by atoms with E-state index in [1.807, 2.05) is 18.2 Å². The van der Waals surface area contributed by atoms with Crippen molar-refractivity contribution < 1.29 is 19.1 Å². The molecule has 1 aliphatic carbocycles. The number of nitrogens with zero attached hydrogens (tertiary/aromatic N) is 1. The van der Waals surface area contributed by atoms with Crippen molar-refractivity contribution in [3.63, 3.8) is 0 Å². The van der Waals surface area contributed by atoms with E-state index in [0.717, 1.165) is 29.8 Å². The number of amides is 4. The van der Waals surface area contributed by atoms with Crippen LogP contribution in [0.2, 0.25) is 0 Å². The summed E-state index contributed by atoms with van der Waals surface area (Å²) in [6.07, 6.45) is 4.07. The van der Waals surface area contributed by atoms with Gasteiger partial charge in [-0.3, -0.25) is 15.0 Å². The molecular formula is C19H25N3O4. The molecule has 7 nitrogen and oxygen atoms in total. The van der Waals surface area contributed by atoms with Crippen LogP contribution >= 0.6 is 0 Å². The Balaban J connectivity index is 1.57. The largest absolute Gasteiger partial charge is 0.484 e. The number of ether oxygens (including phenoxy) is 1. The lowest BCUT2D eigenvalue weighted by molar-refractivity contribution is -0.140. The molecule has 3 rings (SSSR count). The standard InChI is InChI=1S/C19H25N3O4/c1-13(2)14-7-6-8-15(11-14)26-12-16(23)21-22-17(24)19(20-18(22)25)9-4-3-5-10-19/h6-8,11,13H,3-5,9-10,12H2,1-2H3,(H,20,25)(H,21,23). The van der Waals surface area contributed by atoms with Crippen LogP contribution in [0, 0.1) is 0 Å². The minimum atomic E-state index is -0.852. The molecule has 1 saturated carbocycles. The minimum Gasteiger partial charge on any atom is -0.484 e. The normalized spacial score (nSPS) is 19.0. The van der Waals surface area contributed by atoms with Gasteiger partial charge in [-0.15, -0.1) is 0 Å². The van der Waals surface area contributed by atoms with Crippen molar-refractivity contribution in [3.8, 4) is 5.75 Å². The second kappa shape index (κ2) is 7.35. The van der Waals surface area contributed by atoms with Crippen LogP contribution in [0.4, 0.5) is 4.79 Å². The van der Waals surface area contributed by atoms with Gasteiger partial charge >= 0.3 is 6.03 Å². The van der Waals surface area contributed by atoms with Gasteiger partial charge in [0.2, 0.25) is 0 Å². The fourth-order valence-electron chi connectivity index (χ4n) is 3.49. The first-order valence-electron chi connectivity index (χ1n) is 9.10. The summed E-state index contributed by atoms with van der Waals surface area (Å²) in [6.45, 7) is 3.88. The Labute approximate surface area is 153 Å². The lowest BCUT2D eigenvalue weighted by atomic mass is 9.82. The van der Waals surface area contributed by atoms with Crippen LogP contribution in [0.5, 0.6) is 5.75 Å². The Morgan fingerprint density at radius 3 is 2.69 bits per heavy atom. The van der Waals surface area contributed by atoms with Crippen molar-refractivity contribution in [1.29, 1.82) is 0 Å². The van der Waals surface area contributed by atoms with E-state index in [-0.39, 0.29) is 12.5 Å². The molecule has 140 valence electrons. The summed E-state index contributed by atoms with van der Waals surface area (Å²) in [5.74, 6) is 0.00550. The smallest absolute Gasteiger partial charge is 0.344 e. The lowest BCUT2D eigenvalue weighted by Gasteiger charge is -2.30. The highest BCUT2D eigenvalue weighted by atomic mass is 16.5. The van der Waals surface area contributed by atoms with E-state index in [9.17, 15) is 14.4 Å². The first-order chi connectivity index (χ1) is 12.4. The summed E-state index contributed by atoms with van der Waals surface area (Å²) < 4.78 is 5.49. The first kappa shape index (κ1) is 18.2. The second-order valence-corrected chi connectivity index (χ2v) is 7.26. The van der Waals surface area contributed by atoms with Gasteiger partial charge in [0.1, 0.15) is 11.3 Å². The van der Waals surface area contributed by atoms with Gasteiger partial charge in [-0.1, -0.05) is 45.2 Å². The zero-order valence-electron chi connectivity index (χ0n) is 15.2. The lowest BCUT2D eigenvalue weighted by Crippen LogP contribution is -2.51. The monoisotopic (exact) mass is 359 g/mol. The molecule has 0 bridgehead atoms. The van der Waals surface area contributed by atoms with Gasteiger partial charge in [0.05, 0.1) is 0 Å². The number of hydrogen-bond acceptors (Lipinski definition) is 4. The topological polar surface area (TPSA) is 87.7 Å². The molecule has 0 atom stereocenters. The Morgan fingerprint density at radius 1 is 1.27 bits per heavy atom. The van der Waals surface area contributed by atoms with Crippen LogP contribution in [0.3, 0.4) is 0 Å². The predicted molar refractivity (Wildman–Crippen MR) is 95.4 cm³/mol. The van der Waals surface area contributed by atoms with Gasteiger partial charge in [-0.25, -0.2) is 4.79 Å². The molecule has 2 N–H and O–H groups in total. The van der Waals surface area contributed by atoms with Crippen molar-refractivity contribution in [2.75, 3.05) is 6.61 Å². The molecule has 2 fully saturated rings. The number of hydrogen-bond donors (Lipinski definition) is 2. The van der Waals surface area contributed by atoms with Gasteiger partial charge < -0.3 is 10.1 Å². The Hall–Kier alpha value is -2.57. The zero-order chi connectivity index (χ0) is 18.7. The molecule has 0 unspecified atom stereocenters. The Bertz CT molecular complexity index is 710. The predicted octanol–water partition coefficient (Wildman–Crippen LogP) is 2.47. The second-order valence-electron chi connectivity index (χ2n) is 7.26. The molecule has 1 aliphatic heterocycles. The maximum atomic E-state index is 12.6. The van der Waals surface area contributed by atoms with E-state index < -0.39 is 17.5 Å². The van der Waals surface area contributed by atoms with E-state index in [0.29, 0.717) is 24.5 Å². The highest BCUT2D eigenvalue weighted by Crippen LogP contribution is 2.33. The fourth-order valence-corrected chi connectivity index (χ4v) is 3.49. The Morgan fingerprint density at radius 2 is 2.00 bits per heavy atom. The highest BCUT2D eigenvalue weighted by Gasteiger charge is 2.52. The number of carbonyl (C=O) groups is 3. The van der Waals surface area contributed by atoms with Gasteiger partial charge in [0.15, 0.2) is 6.61 Å². The third-order valence-electron chi connectivity index (χ3n) is 5.00. The molecular weight excluding hydrogens is 334 g/mol. The SMILES string of the molecule is CC(C)c1cccc(OCC(=O)NN2C(=O)NC3(CCCCC3)C2=O)c1. The number of urea groups is 1. The minimum absolute atomic E-state index is 0.272. The van der Waals surface area contributed by atoms with E-state index in [1.165, 1.54) is 0 Å². The van der Waals surface area contributed by atoms with Crippen molar-refractivity contribution in [2.45, 2.75) is 57.4 Å². The number of imide groups is 1. The average molecular weight is 359 g/mol. The van der Waals surface area contributed by atoms with E-state index in [2.05, 4.69) is 24.6 Å². The quantitative estimate of drug-likeness (QED) is 0.791. The summed E-state index contributed by atoms with van der Waals surface area (Å²) in [5.41, 5.74) is 2.62. The average Bonchev–Trinajstić information content (AvgIpc) is 2.85. The third kappa shape index (κ3) is 3.66. The molecule has 1 spiro atoms. The van der Waals surface area contributed by atoms with Crippen molar-refractivity contribution in [1.82, 2.24) is 15.8 Å². The van der Waals surface area contributed by atoms with E-state index >= 15 is 0 Å². The van der Waals surface area contributed by atoms with Crippen LogP contribution in [0.15, 0.2) is 24.3 Å². The summed E-state index contributed by atoms with van der Waals surface area (Å²) >= 11 is 0.